The highest BCUT2D eigenvalue weighted by atomic mass is 19.1. The van der Waals surface area contributed by atoms with Gasteiger partial charge in [-0.05, 0) is 47.9 Å². The Morgan fingerprint density at radius 1 is 1.24 bits per heavy atom. The largest absolute Gasteiger partial charge is 0.432 e. The lowest BCUT2D eigenvalue weighted by molar-refractivity contribution is 0.0992. The van der Waals surface area contributed by atoms with E-state index in [-0.39, 0.29) is 17.6 Å². The summed E-state index contributed by atoms with van der Waals surface area (Å²) in [5, 5.41) is 10.7. The van der Waals surface area contributed by atoms with Gasteiger partial charge in [-0.3, -0.25) is 9.89 Å². The molecule has 0 radical (unpaired) electrons. The average molecular weight is 457 g/mol. The Hall–Kier alpha value is -4.31. The number of carbonyl (C=O) groups excluding carboxylic acids is 1. The second-order valence-electron chi connectivity index (χ2n) is 8.26. The van der Waals surface area contributed by atoms with Gasteiger partial charge in [0.15, 0.2) is 17.0 Å². The van der Waals surface area contributed by atoms with E-state index < -0.39 is 11.7 Å². The Bertz CT molecular complexity index is 1510. The lowest BCUT2D eigenvalue weighted by Gasteiger charge is -2.16. The first-order valence-corrected chi connectivity index (χ1v) is 10.9. The van der Waals surface area contributed by atoms with Crippen LogP contribution < -0.4 is 16.0 Å². The lowest BCUT2D eigenvalue weighted by atomic mass is 10.0. The zero-order chi connectivity index (χ0) is 23.2. The van der Waals surface area contributed by atoms with E-state index in [9.17, 15) is 4.79 Å². The number of anilines is 2. The summed E-state index contributed by atoms with van der Waals surface area (Å²) in [6, 6.07) is 13.6. The summed E-state index contributed by atoms with van der Waals surface area (Å²) < 4.78 is 20.5. The zero-order valence-electron chi connectivity index (χ0n) is 18.0. The maximum absolute atomic E-state index is 15.1. The number of hydrogen-bond acceptors (Lipinski definition) is 7. The number of rotatable bonds is 4. The molecule has 0 saturated carbocycles. The first kappa shape index (κ1) is 20.3. The number of pyridine rings is 1. The number of nitrogens with two attached hydrogens (primary N) is 1. The smallest absolute Gasteiger partial charge is 0.311 e. The standard InChI is InChI=1S/C24H20FN7O2/c25-16-11-13(5-6-17(16)28-23(33)24-29-18-3-1-2-4-19(18)34-24)15-7-9-27-21-20(15)22(31-30-21)32-10-8-14(26)12-32/h1-7,9,11,14H,8,10,12,26H2,(H,28,33)(H,27,30,31)/t14-/m1/s1. The van der Waals surface area contributed by atoms with Crippen LogP contribution in [0.15, 0.2) is 59.1 Å². The SMILES string of the molecule is N[C@@H]1CCN(c2n[nH]c3nccc(-c4ccc(NC(=O)c5nc6ccccc6o5)c(F)c4)c23)C1. The van der Waals surface area contributed by atoms with Crippen molar-refractivity contribution in [3.05, 3.63) is 66.4 Å². The van der Waals surface area contributed by atoms with E-state index in [1.807, 2.05) is 6.07 Å². The Labute approximate surface area is 192 Å². The maximum atomic E-state index is 15.1. The summed E-state index contributed by atoms with van der Waals surface area (Å²) in [4.78, 5) is 23.2. The van der Waals surface area contributed by atoms with Crippen molar-refractivity contribution >= 4 is 39.5 Å². The van der Waals surface area contributed by atoms with Crippen LogP contribution in [0.2, 0.25) is 0 Å². The number of para-hydroxylation sites is 2. The minimum atomic E-state index is -0.628. The van der Waals surface area contributed by atoms with Crippen molar-refractivity contribution in [1.29, 1.82) is 0 Å². The Morgan fingerprint density at radius 2 is 2.12 bits per heavy atom. The van der Waals surface area contributed by atoms with Crippen LogP contribution in [0.4, 0.5) is 15.9 Å². The molecular formula is C24H20FN7O2. The van der Waals surface area contributed by atoms with E-state index in [1.54, 1.807) is 36.5 Å². The number of hydrogen-bond donors (Lipinski definition) is 3. The first-order valence-electron chi connectivity index (χ1n) is 10.9. The zero-order valence-corrected chi connectivity index (χ0v) is 18.0. The number of nitrogens with one attached hydrogen (secondary N) is 2. The van der Waals surface area contributed by atoms with E-state index in [2.05, 4.69) is 30.4 Å². The molecular weight excluding hydrogens is 437 g/mol. The highest BCUT2D eigenvalue weighted by molar-refractivity contribution is 6.03. The number of oxazole rings is 1. The third-order valence-electron chi connectivity index (χ3n) is 5.98. The number of halogens is 1. The fourth-order valence-corrected chi connectivity index (χ4v) is 4.31. The van der Waals surface area contributed by atoms with Gasteiger partial charge >= 0.3 is 5.91 Å². The third kappa shape index (κ3) is 3.44. The number of nitrogens with zero attached hydrogens (tertiary/aromatic N) is 4. The fourth-order valence-electron chi connectivity index (χ4n) is 4.31. The number of fused-ring (bicyclic) bond motifs is 2. The molecule has 1 fully saturated rings. The molecule has 1 aliphatic heterocycles. The topological polar surface area (TPSA) is 126 Å². The van der Waals surface area contributed by atoms with Crippen LogP contribution in [-0.4, -0.2) is 45.2 Å². The molecule has 2 aromatic carbocycles. The predicted molar refractivity (Wildman–Crippen MR) is 126 cm³/mol. The molecule has 4 N–H and O–H groups in total. The summed E-state index contributed by atoms with van der Waals surface area (Å²) in [7, 11) is 0. The van der Waals surface area contributed by atoms with Crippen LogP contribution in [-0.2, 0) is 0 Å². The van der Waals surface area contributed by atoms with Gasteiger partial charge in [0.25, 0.3) is 5.89 Å². The molecule has 170 valence electrons. The van der Waals surface area contributed by atoms with E-state index in [1.165, 1.54) is 12.1 Å². The number of amides is 1. The normalized spacial score (nSPS) is 15.9. The van der Waals surface area contributed by atoms with E-state index >= 15 is 4.39 Å². The molecule has 0 aliphatic carbocycles. The quantitative estimate of drug-likeness (QED) is 0.376. The minimum absolute atomic E-state index is 0.0271. The van der Waals surface area contributed by atoms with Crippen LogP contribution in [0.25, 0.3) is 33.3 Å². The summed E-state index contributed by atoms with van der Waals surface area (Å²) in [5.41, 5.74) is 9.17. The van der Waals surface area contributed by atoms with Gasteiger partial charge in [-0.15, -0.1) is 0 Å². The molecule has 34 heavy (non-hydrogen) atoms. The van der Waals surface area contributed by atoms with Crippen molar-refractivity contribution in [2.75, 3.05) is 23.3 Å². The van der Waals surface area contributed by atoms with Crippen molar-refractivity contribution in [3.63, 3.8) is 0 Å². The van der Waals surface area contributed by atoms with Crippen LogP contribution in [0.1, 0.15) is 17.1 Å². The minimum Gasteiger partial charge on any atom is -0.432 e. The molecule has 1 saturated heterocycles. The fraction of sp³-hybridized carbons (Fsp3) is 0.167. The summed E-state index contributed by atoms with van der Waals surface area (Å²) >= 11 is 0. The van der Waals surface area contributed by atoms with Gasteiger partial charge < -0.3 is 20.4 Å². The molecule has 4 heterocycles. The first-order chi connectivity index (χ1) is 16.6. The molecule has 0 bridgehead atoms. The summed E-state index contributed by atoms with van der Waals surface area (Å²) in [5.74, 6) is -0.594. The predicted octanol–water partition coefficient (Wildman–Crippen LogP) is 3.69. The van der Waals surface area contributed by atoms with Gasteiger partial charge in [0.05, 0.1) is 11.1 Å². The Morgan fingerprint density at radius 3 is 2.91 bits per heavy atom. The second-order valence-corrected chi connectivity index (χ2v) is 8.26. The molecule has 1 aliphatic rings. The molecule has 1 atom stereocenters. The van der Waals surface area contributed by atoms with E-state index in [0.29, 0.717) is 28.9 Å². The Kier molecular flexibility index (Phi) is 4.73. The summed E-state index contributed by atoms with van der Waals surface area (Å²) in [6.07, 6.45) is 2.53. The molecule has 9 nitrogen and oxygen atoms in total. The third-order valence-corrected chi connectivity index (χ3v) is 5.98. The van der Waals surface area contributed by atoms with Gasteiger partial charge in [0, 0.05) is 25.3 Å². The van der Waals surface area contributed by atoms with Crippen LogP contribution >= 0.6 is 0 Å². The van der Waals surface area contributed by atoms with Gasteiger partial charge in [-0.25, -0.2) is 14.4 Å². The summed E-state index contributed by atoms with van der Waals surface area (Å²) in [6.45, 7) is 1.49. The van der Waals surface area contributed by atoms with Gasteiger partial charge in [-0.1, -0.05) is 18.2 Å². The van der Waals surface area contributed by atoms with Crippen LogP contribution in [0.3, 0.4) is 0 Å². The molecule has 0 spiro atoms. The average Bonchev–Trinajstić information content (AvgIpc) is 3.57. The monoisotopic (exact) mass is 457 g/mol. The van der Waals surface area contributed by atoms with Crippen LogP contribution in [0, 0.1) is 5.82 Å². The van der Waals surface area contributed by atoms with Crippen LogP contribution in [0.5, 0.6) is 0 Å². The molecule has 3 aromatic heterocycles. The van der Waals surface area contributed by atoms with Crippen molar-refractivity contribution < 1.29 is 13.6 Å². The number of aromatic nitrogens is 4. The van der Waals surface area contributed by atoms with Gasteiger partial charge in [-0.2, -0.15) is 5.10 Å². The number of aromatic amines is 1. The number of carbonyl (C=O) groups is 1. The highest BCUT2D eigenvalue weighted by Gasteiger charge is 2.25. The Balaban J connectivity index is 1.32. The molecule has 0 unspecified atom stereocenters. The molecule has 1 amide bonds. The highest BCUT2D eigenvalue weighted by Crippen LogP contribution is 2.35. The van der Waals surface area contributed by atoms with Crippen molar-refractivity contribution in [1.82, 2.24) is 20.2 Å². The van der Waals surface area contributed by atoms with Gasteiger partial charge in [0.2, 0.25) is 0 Å². The van der Waals surface area contributed by atoms with Crippen molar-refractivity contribution in [2.24, 2.45) is 5.73 Å². The van der Waals surface area contributed by atoms with E-state index in [0.717, 1.165) is 29.7 Å². The molecule has 10 heteroatoms. The maximum Gasteiger partial charge on any atom is 0.311 e. The second kappa shape index (κ2) is 7.92. The van der Waals surface area contributed by atoms with E-state index in [4.69, 9.17) is 10.2 Å². The van der Waals surface area contributed by atoms with Crippen molar-refractivity contribution in [3.8, 4) is 11.1 Å². The molecule has 6 rings (SSSR count). The van der Waals surface area contributed by atoms with Gasteiger partial charge in [0.1, 0.15) is 11.3 Å². The van der Waals surface area contributed by atoms with Crippen molar-refractivity contribution in [2.45, 2.75) is 12.5 Å². The lowest BCUT2D eigenvalue weighted by Crippen LogP contribution is -2.26. The number of benzene rings is 2. The molecule has 5 aromatic rings. The number of H-pyrrole nitrogens is 1.